The fourth-order valence-corrected chi connectivity index (χ4v) is 1.78. The third-order valence-electron chi connectivity index (χ3n) is 3.31. The number of carbonyl (C=O) groups is 1. The van der Waals surface area contributed by atoms with Crippen molar-refractivity contribution >= 4 is 5.78 Å². The van der Waals surface area contributed by atoms with E-state index in [1.165, 1.54) is 0 Å². The van der Waals surface area contributed by atoms with Gasteiger partial charge in [0.15, 0.2) is 5.78 Å². The van der Waals surface area contributed by atoms with E-state index < -0.39 is 5.92 Å². The lowest BCUT2D eigenvalue weighted by atomic mass is 9.83. The maximum Gasteiger partial charge on any atom is 0.157 e. The number of para-hydroxylation sites is 1. The van der Waals surface area contributed by atoms with Crippen LogP contribution in [0.1, 0.15) is 32.3 Å². The van der Waals surface area contributed by atoms with Crippen LogP contribution in [0.2, 0.25) is 0 Å². The van der Waals surface area contributed by atoms with Crippen LogP contribution in [-0.4, -0.2) is 12.9 Å². The highest BCUT2D eigenvalue weighted by atomic mass is 16.5. The molecule has 1 aromatic carbocycles. The van der Waals surface area contributed by atoms with Gasteiger partial charge >= 0.3 is 0 Å². The van der Waals surface area contributed by atoms with Gasteiger partial charge in [0.2, 0.25) is 0 Å². The minimum absolute atomic E-state index is 0.0444. The predicted molar refractivity (Wildman–Crippen MR) is 70.4 cm³/mol. The molecule has 0 N–H and O–H groups in total. The van der Waals surface area contributed by atoms with Crippen molar-refractivity contribution in [2.45, 2.75) is 26.7 Å². The summed E-state index contributed by atoms with van der Waals surface area (Å²) in [4.78, 5) is 12.3. The summed E-state index contributed by atoms with van der Waals surface area (Å²) in [5.41, 5.74) is 0.653. The molecular formula is C15H19NO2. The van der Waals surface area contributed by atoms with Crippen LogP contribution >= 0.6 is 0 Å². The summed E-state index contributed by atoms with van der Waals surface area (Å²) < 4.78 is 5.22. The first kappa shape index (κ1) is 14.2. The SMILES string of the molecule is COc1ccccc1C(C#N)C(=O)C(C)C(C)C. The Morgan fingerprint density at radius 2 is 1.89 bits per heavy atom. The summed E-state index contributed by atoms with van der Waals surface area (Å²) in [6, 6.07) is 9.29. The number of nitrogens with zero attached hydrogens (tertiary/aromatic N) is 1. The smallest absolute Gasteiger partial charge is 0.157 e. The Balaban J connectivity index is 3.11. The number of benzene rings is 1. The Kier molecular flexibility index (Phi) is 4.91. The lowest BCUT2D eigenvalue weighted by molar-refractivity contribution is -0.123. The molecule has 18 heavy (non-hydrogen) atoms. The van der Waals surface area contributed by atoms with Gasteiger partial charge < -0.3 is 4.74 Å². The summed E-state index contributed by atoms with van der Waals surface area (Å²) in [7, 11) is 1.55. The number of Topliss-reactive ketones (excluding diaryl/α,β-unsaturated/α-hetero) is 1. The number of nitriles is 1. The zero-order chi connectivity index (χ0) is 13.7. The van der Waals surface area contributed by atoms with E-state index in [0.29, 0.717) is 11.3 Å². The molecule has 2 unspecified atom stereocenters. The maximum absolute atomic E-state index is 12.3. The van der Waals surface area contributed by atoms with Gasteiger partial charge in [-0.2, -0.15) is 5.26 Å². The number of carbonyl (C=O) groups excluding carboxylic acids is 1. The summed E-state index contributed by atoms with van der Waals surface area (Å²) in [6.45, 7) is 5.84. The molecule has 0 aliphatic heterocycles. The number of ketones is 1. The molecule has 3 heteroatoms. The summed E-state index contributed by atoms with van der Waals surface area (Å²) in [5.74, 6) is -0.119. The summed E-state index contributed by atoms with van der Waals surface area (Å²) >= 11 is 0. The summed E-state index contributed by atoms with van der Waals surface area (Å²) in [6.07, 6.45) is 0. The van der Waals surface area contributed by atoms with Crippen molar-refractivity contribution in [2.75, 3.05) is 7.11 Å². The van der Waals surface area contributed by atoms with Crippen LogP contribution in [0.4, 0.5) is 0 Å². The molecular weight excluding hydrogens is 226 g/mol. The highest BCUT2D eigenvalue weighted by Crippen LogP contribution is 2.30. The van der Waals surface area contributed by atoms with E-state index in [2.05, 4.69) is 6.07 Å². The first-order valence-electron chi connectivity index (χ1n) is 6.09. The fourth-order valence-electron chi connectivity index (χ4n) is 1.78. The van der Waals surface area contributed by atoms with Crippen LogP contribution in [-0.2, 0) is 4.79 Å². The van der Waals surface area contributed by atoms with E-state index in [-0.39, 0.29) is 17.6 Å². The number of hydrogen-bond acceptors (Lipinski definition) is 3. The lowest BCUT2D eigenvalue weighted by Gasteiger charge is -2.19. The van der Waals surface area contributed by atoms with Gasteiger partial charge in [0.05, 0.1) is 13.2 Å². The molecule has 2 atom stereocenters. The molecule has 0 bridgehead atoms. The number of rotatable bonds is 5. The zero-order valence-electron chi connectivity index (χ0n) is 11.3. The Bertz CT molecular complexity index is 460. The first-order chi connectivity index (χ1) is 8.52. The molecule has 0 saturated heterocycles. The van der Waals surface area contributed by atoms with Gasteiger partial charge in [0.1, 0.15) is 11.7 Å². The summed E-state index contributed by atoms with van der Waals surface area (Å²) in [5, 5.41) is 9.27. The van der Waals surface area contributed by atoms with Crippen LogP contribution in [0, 0.1) is 23.2 Å². The van der Waals surface area contributed by atoms with Crippen molar-refractivity contribution in [1.29, 1.82) is 5.26 Å². The molecule has 1 aromatic rings. The molecule has 0 aliphatic carbocycles. The van der Waals surface area contributed by atoms with Crippen molar-refractivity contribution in [1.82, 2.24) is 0 Å². The van der Waals surface area contributed by atoms with Crippen molar-refractivity contribution < 1.29 is 9.53 Å². The Hall–Kier alpha value is -1.82. The van der Waals surface area contributed by atoms with Crippen molar-refractivity contribution in [2.24, 2.45) is 11.8 Å². The third kappa shape index (κ3) is 2.89. The van der Waals surface area contributed by atoms with Gasteiger partial charge in [0.25, 0.3) is 0 Å². The molecule has 0 heterocycles. The van der Waals surface area contributed by atoms with E-state index in [0.717, 1.165) is 0 Å². The second kappa shape index (κ2) is 6.20. The molecule has 0 amide bonds. The van der Waals surface area contributed by atoms with Gasteiger partial charge in [-0.05, 0) is 12.0 Å². The van der Waals surface area contributed by atoms with Crippen LogP contribution in [0.15, 0.2) is 24.3 Å². The first-order valence-corrected chi connectivity index (χ1v) is 6.09. The fraction of sp³-hybridized carbons (Fsp3) is 0.467. The molecule has 0 aromatic heterocycles. The number of ether oxygens (including phenoxy) is 1. The molecule has 3 nitrogen and oxygen atoms in total. The maximum atomic E-state index is 12.3. The Morgan fingerprint density at radius 3 is 2.39 bits per heavy atom. The van der Waals surface area contributed by atoms with Crippen LogP contribution in [0.5, 0.6) is 5.75 Å². The highest BCUT2D eigenvalue weighted by molar-refractivity contribution is 5.91. The quantitative estimate of drug-likeness (QED) is 0.800. The van der Waals surface area contributed by atoms with E-state index in [1.807, 2.05) is 32.9 Å². The van der Waals surface area contributed by atoms with Crippen molar-refractivity contribution in [3.8, 4) is 11.8 Å². The topological polar surface area (TPSA) is 50.1 Å². The van der Waals surface area contributed by atoms with E-state index in [1.54, 1.807) is 19.2 Å². The minimum atomic E-state index is -0.751. The van der Waals surface area contributed by atoms with Crippen LogP contribution in [0.25, 0.3) is 0 Å². The molecule has 0 fully saturated rings. The number of methoxy groups -OCH3 is 1. The monoisotopic (exact) mass is 245 g/mol. The highest BCUT2D eigenvalue weighted by Gasteiger charge is 2.28. The molecule has 96 valence electrons. The standard InChI is InChI=1S/C15H19NO2/c1-10(2)11(3)15(17)13(9-16)12-7-5-6-8-14(12)18-4/h5-8,10-11,13H,1-4H3. The largest absolute Gasteiger partial charge is 0.496 e. The lowest BCUT2D eigenvalue weighted by Crippen LogP contribution is -2.23. The average Bonchev–Trinajstić information content (AvgIpc) is 2.38. The van der Waals surface area contributed by atoms with Crippen molar-refractivity contribution in [3.63, 3.8) is 0 Å². The van der Waals surface area contributed by atoms with Gasteiger partial charge in [-0.3, -0.25) is 4.79 Å². The molecule has 0 saturated carbocycles. The third-order valence-corrected chi connectivity index (χ3v) is 3.31. The Labute approximate surface area is 108 Å². The zero-order valence-corrected chi connectivity index (χ0v) is 11.3. The van der Waals surface area contributed by atoms with E-state index in [4.69, 9.17) is 4.74 Å². The normalized spacial score (nSPS) is 13.8. The Morgan fingerprint density at radius 1 is 1.28 bits per heavy atom. The average molecular weight is 245 g/mol. The van der Waals surface area contributed by atoms with Crippen LogP contribution < -0.4 is 4.74 Å². The number of hydrogen-bond donors (Lipinski definition) is 0. The second-order valence-electron chi connectivity index (χ2n) is 4.74. The predicted octanol–water partition coefficient (Wildman–Crippen LogP) is 3.16. The molecule has 0 radical (unpaired) electrons. The minimum Gasteiger partial charge on any atom is -0.496 e. The molecule has 0 spiro atoms. The van der Waals surface area contributed by atoms with Gasteiger partial charge in [-0.1, -0.05) is 39.0 Å². The second-order valence-corrected chi connectivity index (χ2v) is 4.74. The van der Waals surface area contributed by atoms with Gasteiger partial charge in [-0.25, -0.2) is 0 Å². The molecule has 0 aliphatic rings. The van der Waals surface area contributed by atoms with E-state index in [9.17, 15) is 10.1 Å². The van der Waals surface area contributed by atoms with Gasteiger partial charge in [-0.15, -0.1) is 0 Å². The van der Waals surface area contributed by atoms with Crippen molar-refractivity contribution in [3.05, 3.63) is 29.8 Å². The van der Waals surface area contributed by atoms with Crippen LogP contribution in [0.3, 0.4) is 0 Å². The van der Waals surface area contributed by atoms with E-state index >= 15 is 0 Å². The molecule has 1 rings (SSSR count). The van der Waals surface area contributed by atoms with Gasteiger partial charge in [0, 0.05) is 11.5 Å².